The molecule has 1 aromatic carbocycles. The van der Waals surface area contributed by atoms with Crippen molar-refractivity contribution in [1.82, 2.24) is 5.32 Å². The van der Waals surface area contributed by atoms with Crippen molar-refractivity contribution in [3.05, 3.63) is 29.8 Å². The van der Waals surface area contributed by atoms with E-state index in [9.17, 15) is 9.59 Å². The van der Waals surface area contributed by atoms with Crippen molar-refractivity contribution >= 4 is 17.6 Å². The Hall–Kier alpha value is -2.04. The number of esters is 1. The van der Waals surface area contributed by atoms with Crippen LogP contribution in [0.25, 0.3) is 0 Å². The number of ether oxygens (including phenoxy) is 1. The van der Waals surface area contributed by atoms with E-state index < -0.39 is 0 Å². The maximum absolute atomic E-state index is 11.9. The van der Waals surface area contributed by atoms with Gasteiger partial charge in [-0.15, -0.1) is 0 Å². The van der Waals surface area contributed by atoms with Crippen molar-refractivity contribution in [3.63, 3.8) is 0 Å². The quantitative estimate of drug-likeness (QED) is 0.780. The van der Waals surface area contributed by atoms with E-state index in [1.165, 1.54) is 0 Å². The number of carbonyl (C=O) groups excluding carboxylic acids is 2. The highest BCUT2D eigenvalue weighted by atomic mass is 16.5. The first-order valence-corrected chi connectivity index (χ1v) is 6.48. The third-order valence-electron chi connectivity index (χ3n) is 3.02. The standard InChI is InChI=1S/C14H18N2O3/c1-2-19-13(17)7-8-15-14(18)12-9-10-5-3-4-6-11(10)16-12/h3-6,12,16H,2,7-9H2,1H3,(H,15,18)/t12-/m0/s1. The molecule has 0 radical (unpaired) electrons. The normalized spacial score (nSPS) is 16.4. The molecule has 1 atom stereocenters. The molecule has 1 heterocycles. The van der Waals surface area contributed by atoms with Crippen molar-refractivity contribution in [1.29, 1.82) is 0 Å². The summed E-state index contributed by atoms with van der Waals surface area (Å²) in [6.45, 7) is 2.44. The summed E-state index contributed by atoms with van der Waals surface area (Å²) in [7, 11) is 0. The topological polar surface area (TPSA) is 67.4 Å². The number of benzene rings is 1. The van der Waals surface area contributed by atoms with E-state index in [-0.39, 0.29) is 24.3 Å². The first-order chi connectivity index (χ1) is 9.20. The Morgan fingerprint density at radius 3 is 2.95 bits per heavy atom. The van der Waals surface area contributed by atoms with Gasteiger partial charge in [0, 0.05) is 18.7 Å². The van der Waals surface area contributed by atoms with Gasteiger partial charge in [-0.2, -0.15) is 0 Å². The van der Waals surface area contributed by atoms with Gasteiger partial charge in [-0.1, -0.05) is 18.2 Å². The molecule has 5 heteroatoms. The molecule has 1 aromatic rings. The van der Waals surface area contributed by atoms with Gasteiger partial charge in [0.25, 0.3) is 0 Å². The molecule has 0 saturated carbocycles. The van der Waals surface area contributed by atoms with Crippen LogP contribution in [0.3, 0.4) is 0 Å². The van der Waals surface area contributed by atoms with Gasteiger partial charge < -0.3 is 15.4 Å². The second-order valence-corrected chi connectivity index (χ2v) is 4.40. The maximum atomic E-state index is 11.9. The van der Waals surface area contributed by atoms with Crippen molar-refractivity contribution < 1.29 is 14.3 Å². The first kappa shape index (κ1) is 13.4. The lowest BCUT2D eigenvalue weighted by Crippen LogP contribution is -2.39. The third kappa shape index (κ3) is 3.47. The molecule has 0 bridgehead atoms. The smallest absolute Gasteiger partial charge is 0.307 e. The summed E-state index contributed by atoms with van der Waals surface area (Å²) in [6.07, 6.45) is 0.890. The second kappa shape index (κ2) is 6.22. The van der Waals surface area contributed by atoms with Gasteiger partial charge in [0.05, 0.1) is 13.0 Å². The highest BCUT2D eigenvalue weighted by Gasteiger charge is 2.25. The minimum absolute atomic E-state index is 0.0829. The number of para-hydroxylation sites is 1. The van der Waals surface area contributed by atoms with E-state index in [0.29, 0.717) is 19.6 Å². The Morgan fingerprint density at radius 2 is 2.21 bits per heavy atom. The van der Waals surface area contributed by atoms with Crippen molar-refractivity contribution in [2.75, 3.05) is 18.5 Å². The Kier molecular flexibility index (Phi) is 4.39. The fraction of sp³-hybridized carbons (Fsp3) is 0.429. The number of amides is 1. The van der Waals surface area contributed by atoms with Crippen LogP contribution in [-0.2, 0) is 20.7 Å². The van der Waals surface area contributed by atoms with Crippen LogP contribution in [0, 0.1) is 0 Å². The maximum Gasteiger partial charge on any atom is 0.307 e. The first-order valence-electron chi connectivity index (χ1n) is 6.48. The van der Waals surface area contributed by atoms with Crippen molar-refractivity contribution in [2.24, 2.45) is 0 Å². The van der Waals surface area contributed by atoms with Crippen LogP contribution in [0.1, 0.15) is 18.9 Å². The Balaban J connectivity index is 1.76. The van der Waals surface area contributed by atoms with Gasteiger partial charge in [0.15, 0.2) is 0 Å². The Morgan fingerprint density at radius 1 is 1.42 bits per heavy atom. The molecule has 2 rings (SSSR count). The zero-order chi connectivity index (χ0) is 13.7. The number of hydrogen-bond donors (Lipinski definition) is 2. The number of rotatable bonds is 5. The summed E-state index contributed by atoms with van der Waals surface area (Å²) in [4.78, 5) is 23.1. The zero-order valence-electron chi connectivity index (χ0n) is 10.9. The number of carbonyl (C=O) groups is 2. The molecule has 0 fully saturated rings. The van der Waals surface area contributed by atoms with Gasteiger partial charge in [-0.05, 0) is 18.6 Å². The molecule has 0 spiro atoms. The molecule has 5 nitrogen and oxygen atoms in total. The second-order valence-electron chi connectivity index (χ2n) is 4.40. The highest BCUT2D eigenvalue weighted by Crippen LogP contribution is 2.24. The molecule has 0 aliphatic carbocycles. The predicted octanol–water partition coefficient (Wildman–Crippen LogP) is 1.09. The van der Waals surface area contributed by atoms with E-state index in [4.69, 9.17) is 4.74 Å². The van der Waals surface area contributed by atoms with Crippen LogP contribution < -0.4 is 10.6 Å². The fourth-order valence-corrected chi connectivity index (χ4v) is 2.10. The average molecular weight is 262 g/mol. The lowest BCUT2D eigenvalue weighted by molar-refractivity contribution is -0.143. The molecular weight excluding hydrogens is 244 g/mol. The fourth-order valence-electron chi connectivity index (χ4n) is 2.10. The molecule has 1 aliphatic heterocycles. The van der Waals surface area contributed by atoms with Crippen LogP contribution in [0.15, 0.2) is 24.3 Å². The predicted molar refractivity (Wildman–Crippen MR) is 71.8 cm³/mol. The zero-order valence-corrected chi connectivity index (χ0v) is 10.9. The lowest BCUT2D eigenvalue weighted by Gasteiger charge is -2.11. The van der Waals surface area contributed by atoms with E-state index in [1.54, 1.807) is 6.92 Å². The molecule has 0 aromatic heterocycles. The number of nitrogens with one attached hydrogen (secondary N) is 2. The van der Waals surface area contributed by atoms with Crippen LogP contribution in [0.4, 0.5) is 5.69 Å². The van der Waals surface area contributed by atoms with Crippen molar-refractivity contribution in [2.45, 2.75) is 25.8 Å². The van der Waals surface area contributed by atoms with E-state index in [0.717, 1.165) is 11.3 Å². The average Bonchev–Trinajstić information content (AvgIpc) is 2.82. The van der Waals surface area contributed by atoms with Crippen molar-refractivity contribution in [3.8, 4) is 0 Å². The van der Waals surface area contributed by atoms with Crippen LogP contribution in [0.2, 0.25) is 0 Å². The largest absolute Gasteiger partial charge is 0.466 e. The molecular formula is C14H18N2O3. The lowest BCUT2D eigenvalue weighted by atomic mass is 10.1. The Bertz CT molecular complexity index is 449. The van der Waals surface area contributed by atoms with Crippen LogP contribution >= 0.6 is 0 Å². The SMILES string of the molecule is CCOC(=O)CCNC(=O)[C@@H]1Cc2ccccc2N1. The minimum atomic E-state index is -0.287. The van der Waals surface area contributed by atoms with E-state index >= 15 is 0 Å². The van der Waals surface area contributed by atoms with Crippen LogP contribution in [0.5, 0.6) is 0 Å². The number of anilines is 1. The molecule has 1 aliphatic rings. The van der Waals surface area contributed by atoms with Gasteiger partial charge >= 0.3 is 5.97 Å². The van der Waals surface area contributed by atoms with Gasteiger partial charge in [-0.25, -0.2) is 0 Å². The van der Waals surface area contributed by atoms with Crippen LogP contribution in [-0.4, -0.2) is 31.1 Å². The molecule has 0 unspecified atom stereocenters. The molecule has 2 N–H and O–H groups in total. The summed E-state index contributed by atoms with van der Waals surface area (Å²) in [5, 5.41) is 5.92. The van der Waals surface area contributed by atoms with E-state index in [1.807, 2.05) is 24.3 Å². The van der Waals surface area contributed by atoms with Gasteiger partial charge in [-0.3, -0.25) is 9.59 Å². The molecule has 0 saturated heterocycles. The number of fused-ring (bicyclic) bond motifs is 1. The summed E-state index contributed by atoms with van der Waals surface area (Å²) in [5.41, 5.74) is 2.15. The number of hydrogen-bond acceptors (Lipinski definition) is 4. The third-order valence-corrected chi connectivity index (χ3v) is 3.02. The highest BCUT2D eigenvalue weighted by molar-refractivity contribution is 5.87. The van der Waals surface area contributed by atoms with Gasteiger partial charge in [0.2, 0.25) is 5.91 Å². The minimum Gasteiger partial charge on any atom is -0.466 e. The van der Waals surface area contributed by atoms with Gasteiger partial charge in [0.1, 0.15) is 6.04 Å². The molecule has 1 amide bonds. The summed E-state index contributed by atoms with van der Waals surface area (Å²) < 4.78 is 4.79. The Labute approximate surface area is 112 Å². The van der Waals surface area contributed by atoms with E-state index in [2.05, 4.69) is 10.6 Å². The summed E-state index contributed by atoms with van der Waals surface area (Å²) in [6, 6.07) is 7.61. The molecule has 19 heavy (non-hydrogen) atoms. The molecule has 102 valence electrons. The summed E-state index contributed by atoms with van der Waals surface area (Å²) in [5.74, 6) is -0.369. The summed E-state index contributed by atoms with van der Waals surface area (Å²) >= 11 is 0. The monoisotopic (exact) mass is 262 g/mol.